The molecule has 0 radical (unpaired) electrons. The molecule has 1 aromatic carbocycles. The second-order valence-electron chi connectivity index (χ2n) is 6.14. The van der Waals surface area contributed by atoms with Crippen LogP contribution in [0.1, 0.15) is 37.0 Å². The van der Waals surface area contributed by atoms with Gasteiger partial charge in [-0.3, -0.25) is 4.79 Å². The smallest absolute Gasteiger partial charge is 0.163 e. The van der Waals surface area contributed by atoms with Crippen LogP contribution in [-0.2, 0) is 0 Å². The Bertz CT molecular complexity index is 513. The quantitative estimate of drug-likeness (QED) is 0.820. The number of rotatable bonds is 6. The Morgan fingerprint density at radius 2 is 2.14 bits per heavy atom. The number of halogens is 1. The number of aliphatic hydroxyl groups excluding tert-OH is 1. The minimum atomic E-state index is -0.627. The van der Waals surface area contributed by atoms with E-state index >= 15 is 0 Å². The molecule has 0 saturated carbocycles. The molecule has 1 N–H and O–H groups in total. The monoisotopic (exact) mass is 309 g/mol. The van der Waals surface area contributed by atoms with Gasteiger partial charge in [0.05, 0.1) is 5.56 Å². The highest BCUT2D eigenvalue weighted by atomic mass is 19.1. The minimum Gasteiger partial charge on any atom is -0.490 e. The molecule has 0 amide bonds. The molecular weight excluding hydrogens is 285 g/mol. The number of likely N-dealkylation sites (tertiary alicyclic amines) is 1. The van der Waals surface area contributed by atoms with Gasteiger partial charge in [0.1, 0.15) is 24.3 Å². The zero-order chi connectivity index (χ0) is 16.1. The van der Waals surface area contributed by atoms with Crippen LogP contribution in [0.5, 0.6) is 5.75 Å². The van der Waals surface area contributed by atoms with E-state index in [0.717, 1.165) is 37.9 Å². The Hall–Kier alpha value is -1.46. The normalized spacial score (nSPS) is 18.2. The third kappa shape index (κ3) is 4.78. The fraction of sp³-hybridized carbons (Fsp3) is 0.588. The molecule has 1 unspecified atom stereocenters. The molecule has 1 fully saturated rings. The van der Waals surface area contributed by atoms with E-state index < -0.39 is 11.9 Å². The largest absolute Gasteiger partial charge is 0.490 e. The fourth-order valence-electron chi connectivity index (χ4n) is 2.68. The average Bonchev–Trinajstić information content (AvgIpc) is 2.48. The maximum atomic E-state index is 13.2. The molecule has 22 heavy (non-hydrogen) atoms. The Morgan fingerprint density at radius 3 is 2.77 bits per heavy atom. The topological polar surface area (TPSA) is 49.8 Å². The number of nitrogens with zero attached hydrogens (tertiary/aromatic N) is 1. The number of hydrogen-bond acceptors (Lipinski definition) is 4. The lowest BCUT2D eigenvalue weighted by molar-refractivity contribution is 0.0558. The van der Waals surface area contributed by atoms with E-state index in [2.05, 4.69) is 11.8 Å². The van der Waals surface area contributed by atoms with E-state index in [1.807, 2.05) is 0 Å². The number of carbonyl (C=O) groups excluding carboxylic acids is 1. The molecule has 1 aromatic rings. The first-order valence-corrected chi connectivity index (χ1v) is 7.79. The van der Waals surface area contributed by atoms with Gasteiger partial charge in [0.25, 0.3) is 0 Å². The van der Waals surface area contributed by atoms with Crippen LogP contribution in [0.25, 0.3) is 0 Å². The molecular formula is C17H24FNO3. The molecule has 4 nitrogen and oxygen atoms in total. The fourth-order valence-corrected chi connectivity index (χ4v) is 2.68. The molecule has 0 aliphatic carbocycles. The highest BCUT2D eigenvalue weighted by Gasteiger charge is 2.19. The van der Waals surface area contributed by atoms with Crippen molar-refractivity contribution in [2.24, 2.45) is 5.92 Å². The van der Waals surface area contributed by atoms with Crippen LogP contribution >= 0.6 is 0 Å². The number of carbonyl (C=O) groups is 1. The molecule has 0 spiro atoms. The van der Waals surface area contributed by atoms with Gasteiger partial charge in [-0.25, -0.2) is 4.39 Å². The summed E-state index contributed by atoms with van der Waals surface area (Å²) in [6.45, 7) is 6.25. The molecule has 1 saturated heterocycles. The van der Waals surface area contributed by atoms with E-state index in [4.69, 9.17) is 4.74 Å². The Balaban J connectivity index is 1.86. The van der Waals surface area contributed by atoms with Gasteiger partial charge < -0.3 is 14.7 Å². The maximum absolute atomic E-state index is 13.2. The van der Waals surface area contributed by atoms with E-state index in [9.17, 15) is 14.3 Å². The lowest BCUT2D eigenvalue weighted by Crippen LogP contribution is -2.40. The van der Waals surface area contributed by atoms with Crippen molar-refractivity contribution >= 4 is 5.78 Å². The number of aliphatic hydroxyl groups is 1. The summed E-state index contributed by atoms with van der Waals surface area (Å²) in [5.74, 6) is 0.344. The van der Waals surface area contributed by atoms with Crippen molar-refractivity contribution < 1.29 is 19.0 Å². The number of ether oxygens (including phenoxy) is 1. The van der Waals surface area contributed by atoms with Crippen LogP contribution in [0, 0.1) is 11.7 Å². The van der Waals surface area contributed by atoms with Crippen molar-refractivity contribution in [3.05, 3.63) is 29.6 Å². The molecule has 0 aromatic heterocycles. The zero-order valence-electron chi connectivity index (χ0n) is 13.2. The molecule has 2 rings (SSSR count). The maximum Gasteiger partial charge on any atom is 0.163 e. The summed E-state index contributed by atoms with van der Waals surface area (Å²) in [7, 11) is 0. The van der Waals surface area contributed by atoms with Gasteiger partial charge in [-0.05, 0) is 57.0 Å². The van der Waals surface area contributed by atoms with Gasteiger partial charge in [0.2, 0.25) is 0 Å². The molecule has 1 aliphatic heterocycles. The molecule has 0 bridgehead atoms. The van der Waals surface area contributed by atoms with E-state index in [-0.39, 0.29) is 18.0 Å². The third-order valence-corrected chi connectivity index (χ3v) is 4.10. The predicted octanol–water partition coefficient (Wildman–Crippen LogP) is 2.50. The number of benzene rings is 1. The van der Waals surface area contributed by atoms with Gasteiger partial charge >= 0.3 is 0 Å². The van der Waals surface area contributed by atoms with E-state index in [0.29, 0.717) is 12.3 Å². The minimum absolute atomic E-state index is 0.0952. The zero-order valence-corrected chi connectivity index (χ0v) is 13.2. The van der Waals surface area contributed by atoms with Gasteiger partial charge in [-0.2, -0.15) is 0 Å². The van der Waals surface area contributed by atoms with Crippen molar-refractivity contribution in [3.63, 3.8) is 0 Å². The van der Waals surface area contributed by atoms with Crippen molar-refractivity contribution in [3.8, 4) is 5.75 Å². The van der Waals surface area contributed by atoms with Gasteiger partial charge in [-0.15, -0.1) is 0 Å². The number of piperidine rings is 1. The number of hydrogen-bond donors (Lipinski definition) is 1. The highest BCUT2D eigenvalue weighted by molar-refractivity contribution is 5.96. The van der Waals surface area contributed by atoms with Crippen LogP contribution < -0.4 is 4.74 Å². The molecule has 1 aliphatic rings. The SMILES string of the molecule is CC(=O)c1cc(F)ccc1OCC(O)CN1CCC(C)CC1. The third-order valence-electron chi connectivity index (χ3n) is 4.10. The van der Waals surface area contributed by atoms with Crippen molar-refractivity contribution in [2.75, 3.05) is 26.2 Å². The summed E-state index contributed by atoms with van der Waals surface area (Å²) >= 11 is 0. The summed E-state index contributed by atoms with van der Waals surface area (Å²) < 4.78 is 18.7. The standard InChI is InChI=1S/C17H24FNO3/c1-12-5-7-19(8-6-12)10-15(21)11-22-17-4-3-14(18)9-16(17)13(2)20/h3-4,9,12,15,21H,5-8,10-11H2,1-2H3. The Kier molecular flexibility index (Phi) is 5.91. The first-order chi connectivity index (χ1) is 10.5. The van der Waals surface area contributed by atoms with Gasteiger partial charge in [-0.1, -0.05) is 6.92 Å². The first kappa shape index (κ1) is 16.9. The van der Waals surface area contributed by atoms with E-state index in [1.54, 1.807) is 0 Å². The average molecular weight is 309 g/mol. The number of ketones is 1. The summed E-state index contributed by atoms with van der Waals surface area (Å²) in [5.41, 5.74) is 0.207. The van der Waals surface area contributed by atoms with Crippen LogP contribution in [0.4, 0.5) is 4.39 Å². The van der Waals surface area contributed by atoms with Crippen molar-refractivity contribution in [1.29, 1.82) is 0 Å². The lowest BCUT2D eigenvalue weighted by atomic mass is 9.99. The molecule has 1 atom stereocenters. The van der Waals surface area contributed by atoms with Crippen molar-refractivity contribution in [2.45, 2.75) is 32.8 Å². The van der Waals surface area contributed by atoms with Crippen LogP contribution in [0.2, 0.25) is 0 Å². The van der Waals surface area contributed by atoms with Gasteiger partial charge in [0.15, 0.2) is 5.78 Å². The van der Waals surface area contributed by atoms with Crippen LogP contribution in [-0.4, -0.2) is 48.1 Å². The van der Waals surface area contributed by atoms with Gasteiger partial charge in [0, 0.05) is 6.54 Å². The number of β-amino-alcohol motifs (C(OH)–C–C–N with tert-alkyl or cyclic N) is 1. The van der Waals surface area contributed by atoms with E-state index in [1.165, 1.54) is 19.1 Å². The summed E-state index contributed by atoms with van der Waals surface area (Å²) in [4.78, 5) is 13.7. The summed E-state index contributed by atoms with van der Waals surface area (Å²) in [6, 6.07) is 3.84. The lowest BCUT2D eigenvalue weighted by Gasteiger charge is -2.31. The summed E-state index contributed by atoms with van der Waals surface area (Å²) in [6.07, 6.45) is 1.68. The van der Waals surface area contributed by atoms with Crippen molar-refractivity contribution in [1.82, 2.24) is 4.90 Å². The second-order valence-corrected chi connectivity index (χ2v) is 6.14. The Labute approximate surface area is 130 Å². The molecule has 1 heterocycles. The Morgan fingerprint density at radius 1 is 1.45 bits per heavy atom. The first-order valence-electron chi connectivity index (χ1n) is 7.79. The van der Waals surface area contributed by atoms with Crippen LogP contribution in [0.15, 0.2) is 18.2 Å². The summed E-state index contributed by atoms with van der Waals surface area (Å²) in [5, 5.41) is 10.1. The predicted molar refractivity (Wildman–Crippen MR) is 82.7 cm³/mol. The second kappa shape index (κ2) is 7.70. The number of Topliss-reactive ketones (excluding diaryl/α,β-unsaturated/α-hetero) is 1. The highest BCUT2D eigenvalue weighted by Crippen LogP contribution is 2.21. The molecule has 5 heteroatoms. The molecule has 122 valence electrons. The van der Waals surface area contributed by atoms with Crippen LogP contribution in [0.3, 0.4) is 0 Å².